The van der Waals surface area contributed by atoms with E-state index < -0.39 is 0 Å². The van der Waals surface area contributed by atoms with Crippen LogP contribution in [0.4, 0.5) is 4.39 Å². The van der Waals surface area contributed by atoms with E-state index in [0.29, 0.717) is 6.61 Å². The Hall–Kier alpha value is -1.09. The maximum Gasteiger partial charge on any atom is 0.127 e. The highest BCUT2D eigenvalue weighted by Gasteiger charge is 2.02. The third-order valence-corrected chi connectivity index (χ3v) is 2.46. The van der Waals surface area contributed by atoms with Crippen molar-refractivity contribution in [2.45, 2.75) is 0 Å². The molecular weight excluding hydrogens is 259 g/mol. The van der Waals surface area contributed by atoms with Crippen molar-refractivity contribution in [2.75, 3.05) is 11.9 Å². The monoisotopic (exact) mass is 268 g/mol. The third-order valence-electron chi connectivity index (χ3n) is 2.14. The summed E-state index contributed by atoms with van der Waals surface area (Å²) in [5.74, 6) is 0.490. The maximum atomic E-state index is 13.1. The van der Waals surface area contributed by atoms with E-state index in [1.165, 1.54) is 12.1 Å². The number of halogens is 2. The summed E-state index contributed by atoms with van der Waals surface area (Å²) in [5, 5.41) is 2.57. The second-order valence-electron chi connectivity index (χ2n) is 3.16. The molecule has 0 spiro atoms. The molecule has 0 radical (unpaired) electrons. The minimum Gasteiger partial charge on any atom is -0.492 e. The molecule has 2 aromatic rings. The van der Waals surface area contributed by atoms with Crippen LogP contribution in [0.15, 0.2) is 36.4 Å². The van der Waals surface area contributed by atoms with Gasteiger partial charge in [-0.15, -0.1) is 0 Å². The summed E-state index contributed by atoms with van der Waals surface area (Å²) < 4.78 is 18.6. The lowest BCUT2D eigenvalue weighted by atomic mass is 10.1. The van der Waals surface area contributed by atoms with Crippen LogP contribution in [0.5, 0.6) is 5.75 Å². The fourth-order valence-corrected chi connectivity index (χ4v) is 1.65. The van der Waals surface area contributed by atoms with Gasteiger partial charge >= 0.3 is 0 Å². The van der Waals surface area contributed by atoms with Crippen LogP contribution in [0.1, 0.15) is 0 Å². The van der Waals surface area contributed by atoms with Gasteiger partial charge in [0.15, 0.2) is 0 Å². The second-order valence-corrected chi connectivity index (χ2v) is 3.95. The van der Waals surface area contributed by atoms with Crippen molar-refractivity contribution in [2.24, 2.45) is 0 Å². The van der Waals surface area contributed by atoms with Crippen LogP contribution in [0.3, 0.4) is 0 Å². The van der Waals surface area contributed by atoms with Crippen LogP contribution in [-0.2, 0) is 0 Å². The fraction of sp³-hybridized carbons (Fsp3) is 0.167. The first-order valence-corrected chi connectivity index (χ1v) is 5.80. The van der Waals surface area contributed by atoms with Crippen LogP contribution in [0, 0.1) is 5.82 Å². The summed E-state index contributed by atoms with van der Waals surface area (Å²) in [5.41, 5.74) is 0. The Balaban J connectivity index is 2.48. The zero-order valence-corrected chi connectivity index (χ0v) is 9.63. The molecule has 0 aliphatic heterocycles. The van der Waals surface area contributed by atoms with E-state index in [1.54, 1.807) is 6.07 Å². The minimum absolute atomic E-state index is 0.239. The van der Waals surface area contributed by atoms with Crippen molar-refractivity contribution < 1.29 is 9.13 Å². The summed E-state index contributed by atoms with van der Waals surface area (Å²) in [6.45, 7) is 0.579. The molecule has 2 aromatic carbocycles. The number of hydrogen-bond donors (Lipinski definition) is 0. The Labute approximate surface area is 96.0 Å². The molecule has 0 unspecified atom stereocenters. The lowest BCUT2D eigenvalue weighted by Crippen LogP contribution is -1.98. The maximum absolute atomic E-state index is 13.1. The summed E-state index contributed by atoms with van der Waals surface area (Å²) >= 11 is 3.29. The molecule has 15 heavy (non-hydrogen) atoms. The van der Waals surface area contributed by atoms with Gasteiger partial charge in [0.25, 0.3) is 0 Å². The highest BCUT2D eigenvalue weighted by molar-refractivity contribution is 9.09. The van der Waals surface area contributed by atoms with Crippen molar-refractivity contribution in [3.8, 4) is 5.75 Å². The average molecular weight is 269 g/mol. The van der Waals surface area contributed by atoms with Crippen molar-refractivity contribution >= 4 is 26.7 Å². The molecule has 1 nitrogen and oxygen atoms in total. The Kier molecular flexibility index (Phi) is 3.21. The van der Waals surface area contributed by atoms with Gasteiger partial charge in [-0.25, -0.2) is 4.39 Å². The summed E-state index contributed by atoms with van der Waals surface area (Å²) in [4.78, 5) is 0. The molecule has 0 saturated heterocycles. The SMILES string of the molecule is Fc1ccc2cccc(OCCBr)c2c1. The molecule has 0 aromatic heterocycles. The summed E-state index contributed by atoms with van der Waals surface area (Å²) in [6, 6.07) is 10.4. The first-order valence-electron chi connectivity index (χ1n) is 4.68. The largest absolute Gasteiger partial charge is 0.492 e. The van der Waals surface area contributed by atoms with E-state index >= 15 is 0 Å². The molecular formula is C12H10BrFO. The smallest absolute Gasteiger partial charge is 0.127 e. The van der Waals surface area contributed by atoms with Gasteiger partial charge in [0.1, 0.15) is 11.6 Å². The zero-order valence-electron chi connectivity index (χ0n) is 8.04. The van der Waals surface area contributed by atoms with E-state index in [2.05, 4.69) is 15.9 Å². The van der Waals surface area contributed by atoms with E-state index in [0.717, 1.165) is 21.9 Å². The Bertz CT molecular complexity index is 470. The minimum atomic E-state index is -0.239. The predicted octanol–water partition coefficient (Wildman–Crippen LogP) is 3.75. The number of fused-ring (bicyclic) bond motifs is 1. The predicted molar refractivity (Wildman–Crippen MR) is 63.2 cm³/mol. The first kappa shape index (κ1) is 10.4. The number of alkyl halides is 1. The first-order chi connectivity index (χ1) is 7.31. The van der Waals surface area contributed by atoms with Crippen LogP contribution < -0.4 is 4.74 Å². The van der Waals surface area contributed by atoms with Gasteiger partial charge in [0.05, 0.1) is 6.61 Å². The van der Waals surface area contributed by atoms with E-state index in [1.807, 2.05) is 18.2 Å². The zero-order chi connectivity index (χ0) is 10.7. The molecule has 2 rings (SSSR count). The average Bonchev–Trinajstić information content (AvgIpc) is 2.26. The highest BCUT2D eigenvalue weighted by atomic mass is 79.9. The number of rotatable bonds is 3. The summed E-state index contributed by atoms with van der Waals surface area (Å²) in [6.07, 6.45) is 0. The van der Waals surface area contributed by atoms with Crippen molar-refractivity contribution in [1.82, 2.24) is 0 Å². The molecule has 0 aliphatic carbocycles. The lowest BCUT2D eigenvalue weighted by Gasteiger charge is -2.07. The van der Waals surface area contributed by atoms with Gasteiger partial charge in [0.2, 0.25) is 0 Å². The molecule has 0 N–H and O–H groups in total. The van der Waals surface area contributed by atoms with Gasteiger partial charge in [0, 0.05) is 10.7 Å². The molecule has 0 saturated carbocycles. The van der Waals surface area contributed by atoms with E-state index in [-0.39, 0.29) is 5.82 Å². The quantitative estimate of drug-likeness (QED) is 0.771. The van der Waals surface area contributed by atoms with Gasteiger partial charge in [-0.3, -0.25) is 0 Å². The number of benzene rings is 2. The Morgan fingerprint density at radius 2 is 2.07 bits per heavy atom. The van der Waals surface area contributed by atoms with Crippen LogP contribution in [-0.4, -0.2) is 11.9 Å². The third kappa shape index (κ3) is 2.29. The fourth-order valence-electron chi connectivity index (χ4n) is 1.49. The van der Waals surface area contributed by atoms with Gasteiger partial charge < -0.3 is 4.74 Å². The van der Waals surface area contributed by atoms with E-state index in [4.69, 9.17) is 4.74 Å². The number of hydrogen-bond acceptors (Lipinski definition) is 1. The van der Waals surface area contributed by atoms with Gasteiger partial charge in [-0.2, -0.15) is 0 Å². The van der Waals surface area contributed by atoms with Crippen molar-refractivity contribution in [3.05, 3.63) is 42.2 Å². The molecule has 0 amide bonds. The molecule has 78 valence electrons. The van der Waals surface area contributed by atoms with E-state index in [9.17, 15) is 4.39 Å². The van der Waals surface area contributed by atoms with Gasteiger partial charge in [-0.1, -0.05) is 34.1 Å². The van der Waals surface area contributed by atoms with Crippen molar-refractivity contribution in [3.63, 3.8) is 0 Å². The van der Waals surface area contributed by atoms with Gasteiger partial charge in [-0.05, 0) is 23.6 Å². The molecule has 0 atom stereocenters. The topological polar surface area (TPSA) is 9.23 Å². The molecule has 3 heteroatoms. The standard InChI is InChI=1S/C12H10BrFO/c13-6-7-15-12-3-1-2-9-4-5-10(14)8-11(9)12/h1-5,8H,6-7H2. The Morgan fingerprint density at radius 1 is 1.20 bits per heavy atom. The summed E-state index contributed by atoms with van der Waals surface area (Å²) in [7, 11) is 0. The van der Waals surface area contributed by atoms with Crippen LogP contribution in [0.2, 0.25) is 0 Å². The Morgan fingerprint density at radius 3 is 2.87 bits per heavy atom. The lowest BCUT2D eigenvalue weighted by molar-refractivity contribution is 0.349. The molecule has 0 aliphatic rings. The number of ether oxygens (including phenoxy) is 1. The molecule has 0 fully saturated rings. The van der Waals surface area contributed by atoms with Crippen molar-refractivity contribution in [1.29, 1.82) is 0 Å². The van der Waals surface area contributed by atoms with Crippen LogP contribution >= 0.6 is 15.9 Å². The second kappa shape index (κ2) is 4.62. The molecule has 0 bridgehead atoms. The molecule has 0 heterocycles. The highest BCUT2D eigenvalue weighted by Crippen LogP contribution is 2.26. The normalized spacial score (nSPS) is 10.5. The van der Waals surface area contributed by atoms with Crippen LogP contribution in [0.25, 0.3) is 10.8 Å².